The highest BCUT2D eigenvalue weighted by Gasteiger charge is 2.26. The first-order valence-electron chi connectivity index (χ1n) is 13.6. The summed E-state index contributed by atoms with van der Waals surface area (Å²) in [6, 6.07) is 4.45. The fraction of sp³-hybridized carbons (Fsp3) is 0.414. The summed E-state index contributed by atoms with van der Waals surface area (Å²) < 4.78 is 32.1. The fourth-order valence-corrected chi connectivity index (χ4v) is 5.20. The number of carbonyl (C=O) groups is 1. The predicted molar refractivity (Wildman–Crippen MR) is 147 cm³/mol. The Morgan fingerprint density at radius 3 is 2.50 bits per heavy atom. The van der Waals surface area contributed by atoms with Crippen LogP contribution in [0.1, 0.15) is 59.4 Å². The van der Waals surface area contributed by atoms with Gasteiger partial charge >= 0.3 is 0 Å². The summed E-state index contributed by atoms with van der Waals surface area (Å²) in [6.45, 7) is 3.83. The van der Waals surface area contributed by atoms with E-state index < -0.39 is 17.5 Å². The van der Waals surface area contributed by atoms with E-state index in [1.54, 1.807) is 13.1 Å². The van der Waals surface area contributed by atoms with Gasteiger partial charge in [-0.25, -0.2) is 28.7 Å². The Labute approximate surface area is 231 Å². The number of benzene rings is 1. The van der Waals surface area contributed by atoms with Crippen molar-refractivity contribution in [2.24, 2.45) is 0 Å². The van der Waals surface area contributed by atoms with Gasteiger partial charge in [0.05, 0.1) is 16.6 Å². The summed E-state index contributed by atoms with van der Waals surface area (Å²) in [5, 5.41) is 9.31. The first-order chi connectivity index (χ1) is 19.4. The van der Waals surface area contributed by atoms with E-state index >= 15 is 4.39 Å². The van der Waals surface area contributed by atoms with E-state index in [1.807, 2.05) is 17.0 Å². The summed E-state index contributed by atoms with van der Waals surface area (Å²) in [4.78, 5) is 33.8. The van der Waals surface area contributed by atoms with Gasteiger partial charge < -0.3 is 19.5 Å². The van der Waals surface area contributed by atoms with Crippen LogP contribution in [0.4, 0.5) is 14.7 Å². The number of anilines is 1. The number of nitrogens with zero attached hydrogens (tertiary/aromatic N) is 7. The maximum absolute atomic E-state index is 15.3. The standard InChI is InChI=1S/C29H33F2N7O2/c1-3-19-15-32-29(33-16-19)37-10-7-21(8-11-37)38-17-24(31)26-25(34-18-35-27(26)38)14-20-5-6-22(23(30)13-20)28(40)36(2)9-4-12-39/h5-6,13,15-18,21,39H,3-4,7-12,14H2,1-2H3. The summed E-state index contributed by atoms with van der Waals surface area (Å²) in [6.07, 6.45) is 9.68. The average Bonchev–Trinajstić information content (AvgIpc) is 3.33. The van der Waals surface area contributed by atoms with Gasteiger partial charge in [-0.3, -0.25) is 4.79 Å². The van der Waals surface area contributed by atoms with Crippen molar-refractivity contribution < 1.29 is 18.7 Å². The maximum atomic E-state index is 15.3. The van der Waals surface area contributed by atoms with Crippen molar-refractivity contribution in [1.82, 2.24) is 29.4 Å². The molecule has 1 N–H and O–H groups in total. The second kappa shape index (κ2) is 12.0. The van der Waals surface area contributed by atoms with Crippen LogP contribution in [0.3, 0.4) is 0 Å². The third-order valence-corrected chi connectivity index (χ3v) is 7.52. The Hall–Kier alpha value is -3.99. The number of amides is 1. The predicted octanol–water partition coefficient (Wildman–Crippen LogP) is 3.95. The van der Waals surface area contributed by atoms with E-state index in [-0.39, 0.29) is 24.6 Å². The van der Waals surface area contributed by atoms with Crippen LogP contribution in [-0.4, -0.2) is 73.7 Å². The molecule has 0 radical (unpaired) electrons. The number of hydrogen-bond acceptors (Lipinski definition) is 7. The molecule has 0 saturated carbocycles. The maximum Gasteiger partial charge on any atom is 0.256 e. The zero-order valence-electron chi connectivity index (χ0n) is 22.7. The quantitative estimate of drug-likeness (QED) is 0.338. The lowest BCUT2D eigenvalue weighted by Gasteiger charge is -2.32. The topological polar surface area (TPSA) is 100 Å². The van der Waals surface area contributed by atoms with E-state index in [0.717, 1.165) is 37.9 Å². The molecule has 0 bridgehead atoms. The van der Waals surface area contributed by atoms with E-state index in [0.29, 0.717) is 41.2 Å². The molecule has 0 aliphatic carbocycles. The Bertz CT molecular complexity index is 1480. The van der Waals surface area contributed by atoms with Crippen LogP contribution < -0.4 is 4.90 Å². The van der Waals surface area contributed by atoms with Crippen molar-refractivity contribution in [3.05, 3.63) is 77.1 Å². The van der Waals surface area contributed by atoms with Crippen molar-refractivity contribution in [2.45, 2.75) is 45.1 Å². The van der Waals surface area contributed by atoms with Gasteiger partial charge in [0.2, 0.25) is 5.95 Å². The molecule has 5 rings (SSSR count). The van der Waals surface area contributed by atoms with Crippen molar-refractivity contribution >= 4 is 22.9 Å². The highest BCUT2D eigenvalue weighted by molar-refractivity contribution is 5.94. The van der Waals surface area contributed by atoms with Crippen LogP contribution in [0, 0.1) is 11.6 Å². The number of rotatable bonds is 9. The van der Waals surface area contributed by atoms with Gasteiger partial charge in [-0.1, -0.05) is 13.0 Å². The first-order valence-corrected chi connectivity index (χ1v) is 13.6. The Morgan fingerprint density at radius 2 is 1.82 bits per heavy atom. The number of carbonyl (C=O) groups excluding carboxylic acids is 1. The molecule has 40 heavy (non-hydrogen) atoms. The van der Waals surface area contributed by atoms with Crippen molar-refractivity contribution in [2.75, 3.05) is 38.2 Å². The van der Waals surface area contributed by atoms with Crippen LogP contribution in [0.15, 0.2) is 43.1 Å². The highest BCUT2D eigenvalue weighted by Crippen LogP contribution is 2.31. The minimum atomic E-state index is -0.651. The highest BCUT2D eigenvalue weighted by atomic mass is 19.1. The average molecular weight is 550 g/mol. The number of halogens is 2. The van der Waals surface area contributed by atoms with Gasteiger partial charge in [0.25, 0.3) is 5.91 Å². The molecule has 0 atom stereocenters. The summed E-state index contributed by atoms with van der Waals surface area (Å²) in [7, 11) is 1.57. The van der Waals surface area contributed by atoms with Crippen molar-refractivity contribution in [1.29, 1.82) is 0 Å². The zero-order chi connectivity index (χ0) is 28.2. The summed E-state index contributed by atoms with van der Waals surface area (Å²) in [5.41, 5.74) is 2.59. The van der Waals surface area contributed by atoms with E-state index in [2.05, 4.69) is 31.8 Å². The molecule has 0 spiro atoms. The van der Waals surface area contributed by atoms with Crippen LogP contribution in [0.25, 0.3) is 11.0 Å². The number of fused-ring (bicyclic) bond motifs is 1. The number of aryl methyl sites for hydroxylation is 1. The minimum Gasteiger partial charge on any atom is -0.396 e. The minimum absolute atomic E-state index is 0.0487. The molecule has 9 nitrogen and oxygen atoms in total. The smallest absolute Gasteiger partial charge is 0.256 e. The molecule has 1 fully saturated rings. The lowest BCUT2D eigenvalue weighted by Crippen LogP contribution is -2.35. The van der Waals surface area contributed by atoms with E-state index in [4.69, 9.17) is 5.11 Å². The van der Waals surface area contributed by atoms with E-state index in [9.17, 15) is 9.18 Å². The van der Waals surface area contributed by atoms with Crippen LogP contribution in [0.2, 0.25) is 0 Å². The van der Waals surface area contributed by atoms with Crippen LogP contribution in [-0.2, 0) is 12.8 Å². The lowest BCUT2D eigenvalue weighted by molar-refractivity contribution is 0.0781. The molecule has 1 saturated heterocycles. The van der Waals surface area contributed by atoms with Gasteiger partial charge in [-0.15, -0.1) is 0 Å². The first kappa shape index (κ1) is 27.6. The van der Waals surface area contributed by atoms with Crippen LogP contribution in [0.5, 0.6) is 0 Å². The monoisotopic (exact) mass is 549 g/mol. The lowest BCUT2D eigenvalue weighted by atomic mass is 10.0. The molecule has 4 heterocycles. The molecule has 1 aliphatic heterocycles. The molecule has 210 valence electrons. The van der Waals surface area contributed by atoms with Crippen LogP contribution >= 0.6 is 0 Å². The van der Waals surface area contributed by atoms with Gasteiger partial charge in [0.1, 0.15) is 17.8 Å². The second-order valence-corrected chi connectivity index (χ2v) is 10.2. The largest absolute Gasteiger partial charge is 0.396 e. The van der Waals surface area contributed by atoms with Gasteiger partial charge in [-0.05, 0) is 48.9 Å². The Balaban J connectivity index is 1.32. The number of piperidine rings is 1. The third-order valence-electron chi connectivity index (χ3n) is 7.52. The number of hydrogen-bond donors (Lipinski definition) is 1. The molecule has 3 aromatic heterocycles. The number of aromatic nitrogens is 5. The normalized spacial score (nSPS) is 14.2. The summed E-state index contributed by atoms with van der Waals surface area (Å²) in [5.74, 6) is -0.813. The second-order valence-electron chi connectivity index (χ2n) is 10.2. The van der Waals surface area contributed by atoms with Crippen molar-refractivity contribution in [3.8, 4) is 0 Å². The van der Waals surface area contributed by atoms with Gasteiger partial charge in [0.15, 0.2) is 5.82 Å². The molecule has 11 heteroatoms. The van der Waals surface area contributed by atoms with Crippen molar-refractivity contribution in [3.63, 3.8) is 0 Å². The molecule has 1 amide bonds. The molecule has 1 aliphatic rings. The molecular formula is C29H33F2N7O2. The Kier molecular flexibility index (Phi) is 8.29. The fourth-order valence-electron chi connectivity index (χ4n) is 5.20. The van der Waals surface area contributed by atoms with E-state index in [1.165, 1.54) is 29.6 Å². The SMILES string of the molecule is CCc1cnc(N2CCC(n3cc(F)c4c(Cc5ccc(C(=O)N(C)CCCO)c(F)c5)ncnc43)CC2)nc1. The zero-order valence-corrected chi connectivity index (χ0v) is 22.7. The molecule has 0 unspecified atom stereocenters. The van der Waals surface area contributed by atoms with Gasteiger partial charge in [-0.2, -0.15) is 0 Å². The third kappa shape index (κ3) is 5.65. The molecule has 1 aromatic carbocycles. The number of aliphatic hydroxyl groups is 1. The summed E-state index contributed by atoms with van der Waals surface area (Å²) >= 11 is 0. The number of aliphatic hydroxyl groups excluding tert-OH is 1. The Morgan fingerprint density at radius 1 is 1.07 bits per heavy atom. The molecule has 4 aromatic rings. The molecular weight excluding hydrogens is 516 g/mol. The van der Waals surface area contributed by atoms with Gasteiger partial charge in [0, 0.05) is 64.3 Å².